The van der Waals surface area contributed by atoms with E-state index in [0.29, 0.717) is 12.5 Å². The third-order valence-electron chi connectivity index (χ3n) is 3.99. The van der Waals surface area contributed by atoms with Crippen molar-refractivity contribution >= 4 is 11.9 Å². The van der Waals surface area contributed by atoms with Crippen LogP contribution in [0.15, 0.2) is 30.3 Å². The van der Waals surface area contributed by atoms with Gasteiger partial charge in [-0.25, -0.2) is 0 Å². The SMILES string of the molecule is COC(=O)CN(Cc1ccccc1)C(=O)C(C)C1CNC1. The Morgan fingerprint density at radius 3 is 2.52 bits per heavy atom. The molecule has 0 aliphatic carbocycles. The van der Waals surface area contributed by atoms with Crippen molar-refractivity contribution in [3.63, 3.8) is 0 Å². The smallest absolute Gasteiger partial charge is 0.325 e. The van der Waals surface area contributed by atoms with Crippen LogP contribution in [0.25, 0.3) is 0 Å². The average Bonchev–Trinajstić information content (AvgIpc) is 2.44. The summed E-state index contributed by atoms with van der Waals surface area (Å²) in [6.07, 6.45) is 0. The van der Waals surface area contributed by atoms with E-state index in [1.165, 1.54) is 7.11 Å². The van der Waals surface area contributed by atoms with Crippen molar-refractivity contribution in [1.82, 2.24) is 10.2 Å². The van der Waals surface area contributed by atoms with Gasteiger partial charge in [0.1, 0.15) is 6.54 Å². The summed E-state index contributed by atoms with van der Waals surface area (Å²) in [5, 5.41) is 3.18. The zero-order valence-corrected chi connectivity index (χ0v) is 12.5. The Morgan fingerprint density at radius 1 is 1.33 bits per heavy atom. The molecule has 2 rings (SSSR count). The first-order valence-corrected chi connectivity index (χ1v) is 7.22. The van der Waals surface area contributed by atoms with Gasteiger partial charge in [-0.3, -0.25) is 9.59 Å². The van der Waals surface area contributed by atoms with E-state index in [2.05, 4.69) is 5.32 Å². The largest absolute Gasteiger partial charge is 0.468 e. The van der Waals surface area contributed by atoms with Gasteiger partial charge in [-0.2, -0.15) is 0 Å². The number of hydrogen-bond acceptors (Lipinski definition) is 4. The van der Waals surface area contributed by atoms with E-state index in [-0.39, 0.29) is 18.4 Å². The maximum absolute atomic E-state index is 12.6. The normalized spacial score (nSPS) is 15.9. The molecule has 1 atom stereocenters. The third-order valence-corrected chi connectivity index (χ3v) is 3.99. The highest BCUT2D eigenvalue weighted by atomic mass is 16.5. The summed E-state index contributed by atoms with van der Waals surface area (Å²) < 4.78 is 4.70. The number of carbonyl (C=O) groups excluding carboxylic acids is 2. The maximum Gasteiger partial charge on any atom is 0.325 e. The van der Waals surface area contributed by atoms with Crippen LogP contribution in [0.4, 0.5) is 0 Å². The molecule has 5 nitrogen and oxygen atoms in total. The van der Waals surface area contributed by atoms with Crippen LogP contribution in [-0.4, -0.2) is 43.5 Å². The molecule has 1 amide bonds. The van der Waals surface area contributed by atoms with Gasteiger partial charge in [0.25, 0.3) is 0 Å². The fraction of sp³-hybridized carbons (Fsp3) is 0.500. The summed E-state index contributed by atoms with van der Waals surface area (Å²) >= 11 is 0. The molecule has 0 aromatic heterocycles. The zero-order chi connectivity index (χ0) is 15.2. The fourth-order valence-electron chi connectivity index (χ4n) is 2.39. The first-order valence-electron chi connectivity index (χ1n) is 7.22. The molecule has 1 heterocycles. The molecule has 0 saturated carbocycles. The van der Waals surface area contributed by atoms with Gasteiger partial charge >= 0.3 is 5.97 Å². The van der Waals surface area contributed by atoms with E-state index in [1.54, 1.807) is 4.90 Å². The number of nitrogens with one attached hydrogen (secondary N) is 1. The first kappa shape index (κ1) is 15.5. The Balaban J connectivity index is 2.06. The van der Waals surface area contributed by atoms with Crippen LogP contribution in [0.1, 0.15) is 12.5 Å². The minimum absolute atomic E-state index is 0.00524. The van der Waals surface area contributed by atoms with Gasteiger partial charge < -0.3 is 15.0 Å². The van der Waals surface area contributed by atoms with E-state index < -0.39 is 5.97 Å². The number of esters is 1. The summed E-state index contributed by atoms with van der Waals surface area (Å²) in [5.74, 6) is -0.109. The second-order valence-electron chi connectivity index (χ2n) is 5.46. The molecular formula is C16H22N2O3. The predicted molar refractivity (Wildman–Crippen MR) is 79.4 cm³/mol. The summed E-state index contributed by atoms with van der Waals surface area (Å²) in [7, 11) is 1.34. The van der Waals surface area contributed by atoms with Gasteiger partial charge in [-0.05, 0) is 24.6 Å². The molecule has 5 heteroatoms. The Labute approximate surface area is 125 Å². The highest BCUT2D eigenvalue weighted by molar-refractivity contribution is 5.83. The number of methoxy groups -OCH3 is 1. The van der Waals surface area contributed by atoms with Gasteiger partial charge in [-0.1, -0.05) is 37.3 Å². The second kappa shape index (κ2) is 7.22. The Morgan fingerprint density at radius 2 is 2.00 bits per heavy atom. The number of carbonyl (C=O) groups is 2. The van der Waals surface area contributed by atoms with Crippen LogP contribution in [0.5, 0.6) is 0 Å². The molecule has 1 aliphatic heterocycles. The lowest BCUT2D eigenvalue weighted by atomic mass is 9.88. The highest BCUT2D eigenvalue weighted by Crippen LogP contribution is 2.19. The molecule has 1 aromatic carbocycles. The van der Waals surface area contributed by atoms with Crippen LogP contribution in [0, 0.1) is 11.8 Å². The van der Waals surface area contributed by atoms with Gasteiger partial charge in [0, 0.05) is 12.5 Å². The number of nitrogens with zero attached hydrogens (tertiary/aromatic N) is 1. The van der Waals surface area contributed by atoms with Crippen molar-refractivity contribution < 1.29 is 14.3 Å². The van der Waals surface area contributed by atoms with E-state index >= 15 is 0 Å². The van der Waals surface area contributed by atoms with Gasteiger partial charge in [0.2, 0.25) is 5.91 Å². The van der Waals surface area contributed by atoms with E-state index in [9.17, 15) is 9.59 Å². The highest BCUT2D eigenvalue weighted by Gasteiger charge is 2.32. The molecule has 1 unspecified atom stereocenters. The van der Waals surface area contributed by atoms with Crippen molar-refractivity contribution in [3.05, 3.63) is 35.9 Å². The van der Waals surface area contributed by atoms with Crippen molar-refractivity contribution in [3.8, 4) is 0 Å². The molecule has 1 aliphatic rings. The molecule has 1 fully saturated rings. The minimum Gasteiger partial charge on any atom is -0.468 e. The summed E-state index contributed by atoms with van der Waals surface area (Å²) in [6, 6.07) is 9.68. The maximum atomic E-state index is 12.6. The Bertz CT molecular complexity index is 486. The molecule has 1 N–H and O–H groups in total. The predicted octanol–water partition coefficient (Wildman–Crippen LogP) is 1.04. The quantitative estimate of drug-likeness (QED) is 0.796. The van der Waals surface area contributed by atoms with Crippen LogP contribution in [0.2, 0.25) is 0 Å². The second-order valence-corrected chi connectivity index (χ2v) is 5.46. The van der Waals surface area contributed by atoms with Gasteiger partial charge in [0.05, 0.1) is 7.11 Å². The number of ether oxygens (including phenoxy) is 1. The summed E-state index contributed by atoms with van der Waals surface area (Å²) in [5.41, 5.74) is 1.01. The number of rotatable bonds is 6. The molecular weight excluding hydrogens is 268 g/mol. The lowest BCUT2D eigenvalue weighted by Gasteiger charge is -2.34. The standard InChI is InChI=1S/C16H22N2O3/c1-12(14-8-17-9-14)16(20)18(11-15(19)21-2)10-13-6-4-3-5-7-13/h3-7,12,14,17H,8-11H2,1-2H3. The van der Waals surface area contributed by atoms with Crippen LogP contribution in [-0.2, 0) is 20.9 Å². The average molecular weight is 290 g/mol. The van der Waals surface area contributed by atoms with Crippen molar-refractivity contribution in [2.45, 2.75) is 13.5 Å². The van der Waals surface area contributed by atoms with Crippen LogP contribution < -0.4 is 5.32 Å². The molecule has 1 aromatic rings. The lowest BCUT2D eigenvalue weighted by Crippen LogP contribution is -2.51. The topological polar surface area (TPSA) is 58.6 Å². The molecule has 21 heavy (non-hydrogen) atoms. The van der Waals surface area contributed by atoms with Crippen LogP contribution in [0.3, 0.4) is 0 Å². The van der Waals surface area contributed by atoms with E-state index in [4.69, 9.17) is 4.74 Å². The zero-order valence-electron chi connectivity index (χ0n) is 12.5. The molecule has 0 bridgehead atoms. The van der Waals surface area contributed by atoms with E-state index in [0.717, 1.165) is 18.7 Å². The van der Waals surface area contributed by atoms with Crippen molar-refractivity contribution in [2.24, 2.45) is 11.8 Å². The minimum atomic E-state index is -0.391. The fourth-order valence-corrected chi connectivity index (χ4v) is 2.39. The number of benzene rings is 1. The molecule has 0 radical (unpaired) electrons. The van der Waals surface area contributed by atoms with E-state index in [1.807, 2.05) is 37.3 Å². The van der Waals surface area contributed by atoms with Gasteiger partial charge in [-0.15, -0.1) is 0 Å². The van der Waals surface area contributed by atoms with Crippen LogP contribution >= 0.6 is 0 Å². The van der Waals surface area contributed by atoms with Crippen molar-refractivity contribution in [1.29, 1.82) is 0 Å². The number of amides is 1. The monoisotopic (exact) mass is 290 g/mol. The Kier molecular flexibility index (Phi) is 5.33. The first-order chi connectivity index (χ1) is 10.1. The molecule has 0 spiro atoms. The molecule has 1 saturated heterocycles. The number of hydrogen-bond donors (Lipinski definition) is 1. The summed E-state index contributed by atoms with van der Waals surface area (Å²) in [4.78, 5) is 25.8. The Hall–Kier alpha value is -1.88. The summed E-state index contributed by atoms with van der Waals surface area (Å²) in [6.45, 7) is 4.09. The molecule has 114 valence electrons. The third kappa shape index (κ3) is 4.04. The lowest BCUT2D eigenvalue weighted by molar-refractivity contribution is -0.149. The van der Waals surface area contributed by atoms with Crippen molar-refractivity contribution in [2.75, 3.05) is 26.7 Å². The van der Waals surface area contributed by atoms with Gasteiger partial charge in [0.15, 0.2) is 0 Å².